The van der Waals surface area contributed by atoms with Crippen LogP contribution in [0.15, 0.2) is 18.2 Å². The number of rotatable bonds is 4. The molecule has 5 nitrogen and oxygen atoms in total. The van der Waals surface area contributed by atoms with E-state index in [9.17, 15) is 13.5 Å². The van der Waals surface area contributed by atoms with E-state index in [0.717, 1.165) is 24.8 Å². The second-order valence-corrected chi connectivity index (χ2v) is 6.53. The summed E-state index contributed by atoms with van der Waals surface area (Å²) >= 11 is 0. The summed E-state index contributed by atoms with van der Waals surface area (Å²) in [4.78, 5) is 2.17. The van der Waals surface area contributed by atoms with E-state index >= 15 is 0 Å². The van der Waals surface area contributed by atoms with Crippen molar-refractivity contribution in [2.24, 2.45) is 0 Å². The van der Waals surface area contributed by atoms with Gasteiger partial charge in [0, 0.05) is 25.8 Å². The molecular weight excluding hydrogens is 252 g/mol. The molecule has 1 heterocycles. The van der Waals surface area contributed by atoms with E-state index in [-0.39, 0.29) is 6.54 Å². The van der Waals surface area contributed by atoms with Gasteiger partial charge >= 0.3 is 0 Å². The summed E-state index contributed by atoms with van der Waals surface area (Å²) < 4.78 is 24.2. The Morgan fingerprint density at radius 2 is 2.22 bits per heavy atom. The summed E-state index contributed by atoms with van der Waals surface area (Å²) in [5.74, 6) is 0. The maximum atomic E-state index is 11.0. The molecule has 0 fully saturated rings. The lowest BCUT2D eigenvalue weighted by molar-refractivity contribution is 0.182. The minimum Gasteiger partial charge on any atom is -0.387 e. The van der Waals surface area contributed by atoms with Crippen LogP contribution >= 0.6 is 0 Å². The average Bonchev–Trinajstić information content (AvgIpc) is 2.66. The third-order valence-corrected chi connectivity index (χ3v) is 3.85. The van der Waals surface area contributed by atoms with Crippen molar-refractivity contribution >= 4 is 15.7 Å². The van der Waals surface area contributed by atoms with Gasteiger partial charge in [-0.1, -0.05) is 12.1 Å². The van der Waals surface area contributed by atoms with Crippen molar-refractivity contribution in [1.29, 1.82) is 0 Å². The zero-order valence-electron chi connectivity index (χ0n) is 10.5. The number of benzene rings is 1. The van der Waals surface area contributed by atoms with Crippen molar-refractivity contribution in [2.75, 3.05) is 31.3 Å². The first-order valence-corrected chi connectivity index (χ1v) is 7.72. The maximum Gasteiger partial charge on any atom is 0.208 e. The van der Waals surface area contributed by atoms with Crippen LogP contribution in [-0.2, 0) is 16.4 Å². The molecule has 2 N–H and O–H groups in total. The molecule has 0 amide bonds. The fraction of sp³-hybridized carbons (Fsp3) is 0.500. The zero-order valence-corrected chi connectivity index (χ0v) is 11.4. The van der Waals surface area contributed by atoms with Crippen LogP contribution in [-0.4, -0.2) is 39.9 Å². The lowest BCUT2D eigenvalue weighted by atomic mass is 10.0. The summed E-state index contributed by atoms with van der Waals surface area (Å²) in [5.41, 5.74) is 3.13. The van der Waals surface area contributed by atoms with E-state index in [2.05, 4.69) is 9.62 Å². The smallest absolute Gasteiger partial charge is 0.208 e. The summed E-state index contributed by atoms with van der Waals surface area (Å²) in [6.07, 6.45) is 1.24. The molecule has 1 aromatic rings. The van der Waals surface area contributed by atoms with Crippen LogP contribution in [0.4, 0.5) is 5.69 Å². The molecule has 100 valence electrons. The number of hydrogen-bond acceptors (Lipinski definition) is 4. The largest absolute Gasteiger partial charge is 0.387 e. The van der Waals surface area contributed by atoms with Gasteiger partial charge in [0.25, 0.3) is 0 Å². The number of fused-ring (bicyclic) bond motifs is 1. The molecule has 0 saturated carbocycles. The number of anilines is 1. The van der Waals surface area contributed by atoms with Gasteiger partial charge in [-0.3, -0.25) is 0 Å². The molecule has 6 heteroatoms. The Morgan fingerprint density at radius 3 is 2.89 bits per heavy atom. The van der Waals surface area contributed by atoms with Crippen molar-refractivity contribution in [3.63, 3.8) is 0 Å². The number of aliphatic hydroxyl groups excluding tert-OH is 1. The van der Waals surface area contributed by atoms with E-state index in [4.69, 9.17) is 0 Å². The number of aliphatic hydroxyl groups is 1. The van der Waals surface area contributed by atoms with Crippen LogP contribution in [0.25, 0.3) is 0 Å². The van der Waals surface area contributed by atoms with Gasteiger partial charge < -0.3 is 10.0 Å². The minimum atomic E-state index is -3.27. The molecule has 1 aliphatic rings. The van der Waals surface area contributed by atoms with Crippen LogP contribution in [0, 0.1) is 0 Å². The molecule has 0 aromatic heterocycles. The first-order valence-electron chi connectivity index (χ1n) is 5.83. The van der Waals surface area contributed by atoms with Crippen LogP contribution in [0.1, 0.15) is 17.2 Å². The fourth-order valence-electron chi connectivity index (χ4n) is 2.14. The molecule has 1 atom stereocenters. The minimum absolute atomic E-state index is 0.00740. The second-order valence-electron chi connectivity index (χ2n) is 4.70. The molecule has 0 saturated heterocycles. The molecule has 1 unspecified atom stereocenters. The van der Waals surface area contributed by atoms with Gasteiger partial charge in [0.2, 0.25) is 10.0 Å². The van der Waals surface area contributed by atoms with Crippen molar-refractivity contribution in [2.45, 2.75) is 12.5 Å². The molecule has 1 aromatic carbocycles. The quantitative estimate of drug-likeness (QED) is 0.823. The molecule has 2 rings (SSSR count). The van der Waals surface area contributed by atoms with E-state index in [1.807, 2.05) is 25.2 Å². The fourth-order valence-corrected chi connectivity index (χ4v) is 2.60. The number of nitrogens with zero attached hydrogens (tertiary/aromatic N) is 1. The summed E-state index contributed by atoms with van der Waals surface area (Å²) in [7, 11) is -1.23. The first kappa shape index (κ1) is 13.3. The number of nitrogens with one attached hydrogen (secondary N) is 1. The second kappa shape index (κ2) is 4.87. The average molecular weight is 270 g/mol. The Bertz CT molecular complexity index is 542. The Balaban J connectivity index is 2.10. The molecule has 0 radical (unpaired) electrons. The number of hydrogen-bond donors (Lipinski definition) is 2. The highest BCUT2D eigenvalue weighted by Crippen LogP contribution is 2.29. The molecule has 0 bridgehead atoms. The SMILES string of the molecule is CN1CCc2cc(C(O)CNS(C)(=O)=O)ccc21. The summed E-state index contributed by atoms with van der Waals surface area (Å²) in [6, 6.07) is 5.77. The third-order valence-electron chi connectivity index (χ3n) is 3.15. The van der Waals surface area contributed by atoms with Crippen molar-refractivity contribution in [3.8, 4) is 0 Å². The van der Waals surface area contributed by atoms with E-state index < -0.39 is 16.1 Å². The normalized spacial score (nSPS) is 16.7. The van der Waals surface area contributed by atoms with Gasteiger partial charge in [0.15, 0.2) is 0 Å². The molecule has 18 heavy (non-hydrogen) atoms. The van der Waals surface area contributed by atoms with Crippen LogP contribution < -0.4 is 9.62 Å². The number of likely N-dealkylation sites (N-methyl/N-ethyl adjacent to an activating group) is 1. The molecule has 0 spiro atoms. The molecule has 1 aliphatic heterocycles. The van der Waals surface area contributed by atoms with Gasteiger partial charge in [-0.25, -0.2) is 13.1 Å². The monoisotopic (exact) mass is 270 g/mol. The molecular formula is C12H18N2O3S. The third kappa shape index (κ3) is 3.01. The van der Waals surface area contributed by atoms with Gasteiger partial charge in [-0.05, 0) is 23.6 Å². The van der Waals surface area contributed by atoms with E-state index in [1.165, 1.54) is 11.3 Å². The van der Waals surface area contributed by atoms with Gasteiger partial charge in [-0.15, -0.1) is 0 Å². The first-order chi connectivity index (χ1) is 8.37. The molecule has 0 aliphatic carbocycles. The van der Waals surface area contributed by atoms with Crippen molar-refractivity contribution < 1.29 is 13.5 Å². The summed E-state index contributed by atoms with van der Waals surface area (Å²) in [5, 5.41) is 9.94. The highest BCUT2D eigenvalue weighted by Gasteiger charge is 2.18. The zero-order chi connectivity index (χ0) is 13.3. The lowest BCUT2D eigenvalue weighted by Crippen LogP contribution is -2.27. The van der Waals surface area contributed by atoms with E-state index in [0.29, 0.717) is 0 Å². The van der Waals surface area contributed by atoms with Crippen LogP contribution in [0.2, 0.25) is 0 Å². The Kier molecular flexibility index (Phi) is 3.61. The maximum absolute atomic E-state index is 11.0. The summed E-state index contributed by atoms with van der Waals surface area (Å²) in [6.45, 7) is 0.990. The highest BCUT2D eigenvalue weighted by atomic mass is 32.2. The van der Waals surface area contributed by atoms with Crippen molar-refractivity contribution in [3.05, 3.63) is 29.3 Å². The van der Waals surface area contributed by atoms with E-state index in [1.54, 1.807) is 0 Å². The van der Waals surface area contributed by atoms with Crippen LogP contribution in [0.5, 0.6) is 0 Å². The standard InChI is InChI=1S/C12H18N2O3S/c1-14-6-5-9-7-10(3-4-11(9)14)12(15)8-13-18(2,16)17/h3-4,7,12-13,15H,5-6,8H2,1-2H3. The van der Waals surface area contributed by atoms with Gasteiger partial charge in [0.1, 0.15) is 0 Å². The Hall–Kier alpha value is -1.11. The highest BCUT2D eigenvalue weighted by molar-refractivity contribution is 7.88. The number of sulfonamides is 1. The Labute approximate surface area is 107 Å². The van der Waals surface area contributed by atoms with Crippen LogP contribution in [0.3, 0.4) is 0 Å². The Morgan fingerprint density at radius 1 is 1.50 bits per heavy atom. The van der Waals surface area contributed by atoms with Gasteiger partial charge in [-0.2, -0.15) is 0 Å². The van der Waals surface area contributed by atoms with Gasteiger partial charge in [0.05, 0.1) is 12.4 Å². The lowest BCUT2D eigenvalue weighted by Gasteiger charge is -2.15. The van der Waals surface area contributed by atoms with Crippen molar-refractivity contribution in [1.82, 2.24) is 4.72 Å². The predicted molar refractivity (Wildman–Crippen MR) is 71.2 cm³/mol. The topological polar surface area (TPSA) is 69.6 Å². The predicted octanol–water partition coefficient (Wildman–Crippen LogP) is 0.262.